The van der Waals surface area contributed by atoms with Gasteiger partial charge in [-0.05, 0) is 60.9 Å². The van der Waals surface area contributed by atoms with Gasteiger partial charge in [0, 0.05) is 31.6 Å². The topological polar surface area (TPSA) is 71.0 Å². The molecule has 2 aliphatic rings. The number of carbonyl (C=O) groups is 2. The van der Waals surface area contributed by atoms with Crippen LogP contribution in [0.1, 0.15) is 53.2 Å². The van der Waals surface area contributed by atoms with E-state index in [2.05, 4.69) is 34.7 Å². The van der Waals surface area contributed by atoms with E-state index < -0.39 is 5.60 Å². The summed E-state index contributed by atoms with van der Waals surface area (Å²) < 4.78 is 0. The molecule has 5 rings (SSSR count). The fraction of sp³-hybridized carbons (Fsp3) is 0.323. The number of carbonyl (C=O) groups excluding carboxylic acids is 2. The van der Waals surface area contributed by atoms with Gasteiger partial charge in [0.2, 0.25) is 5.60 Å². The standard InChI is InChI=1S/C31H33N3O3/c1-31(30(36)32-22-25-10-6-3-7-11-25)21-28(33-37-31)26-12-14-27(15-13-26)29(35)34-18-16-24(17-19-34)20-23-8-4-2-5-9-23/h2-15,24H,16-22H2,1H3,(H,32,36). The number of likely N-dealkylation sites (tertiary alicyclic amines) is 1. The SMILES string of the molecule is CC1(C(=O)NCc2ccccc2)CC(c2ccc(C(=O)N3CCC(Cc4ccccc4)CC3)cc2)=NO1. The van der Waals surface area contributed by atoms with Crippen LogP contribution in [-0.2, 0) is 22.6 Å². The molecule has 6 heteroatoms. The largest absolute Gasteiger partial charge is 0.379 e. The molecule has 0 radical (unpaired) electrons. The fourth-order valence-corrected chi connectivity index (χ4v) is 5.06. The minimum atomic E-state index is -1.05. The summed E-state index contributed by atoms with van der Waals surface area (Å²) in [7, 11) is 0. The average molecular weight is 496 g/mol. The number of nitrogens with zero attached hydrogens (tertiary/aromatic N) is 2. The molecule has 0 aromatic heterocycles. The maximum atomic E-state index is 13.1. The van der Waals surface area contributed by atoms with E-state index in [0.717, 1.165) is 43.5 Å². The van der Waals surface area contributed by atoms with E-state index in [4.69, 9.17) is 4.84 Å². The third kappa shape index (κ3) is 5.91. The van der Waals surface area contributed by atoms with Crippen LogP contribution in [-0.4, -0.2) is 41.1 Å². The van der Waals surface area contributed by atoms with Gasteiger partial charge in [0.1, 0.15) is 0 Å². The van der Waals surface area contributed by atoms with E-state index in [-0.39, 0.29) is 11.8 Å². The average Bonchev–Trinajstić information content (AvgIpc) is 3.36. The van der Waals surface area contributed by atoms with Crippen LogP contribution >= 0.6 is 0 Å². The summed E-state index contributed by atoms with van der Waals surface area (Å²) in [6.07, 6.45) is 3.50. The number of amides is 2. The van der Waals surface area contributed by atoms with E-state index >= 15 is 0 Å². The molecule has 1 unspecified atom stereocenters. The van der Waals surface area contributed by atoms with Crippen molar-refractivity contribution in [2.45, 2.75) is 44.8 Å². The monoisotopic (exact) mass is 495 g/mol. The molecular weight excluding hydrogens is 462 g/mol. The lowest BCUT2D eigenvalue weighted by Gasteiger charge is -2.32. The Morgan fingerprint density at radius 3 is 2.19 bits per heavy atom. The van der Waals surface area contributed by atoms with Crippen LogP contribution in [0.15, 0.2) is 90.1 Å². The maximum absolute atomic E-state index is 13.1. The Bertz CT molecular complexity index is 1250. The summed E-state index contributed by atoms with van der Waals surface area (Å²) in [6, 6.07) is 27.8. The Balaban J connectivity index is 1.13. The molecule has 1 fully saturated rings. The van der Waals surface area contributed by atoms with Crippen molar-refractivity contribution in [2.24, 2.45) is 11.1 Å². The Labute approximate surface area is 218 Å². The first-order valence-corrected chi connectivity index (χ1v) is 13.0. The van der Waals surface area contributed by atoms with Gasteiger partial charge in [0.15, 0.2) is 0 Å². The van der Waals surface area contributed by atoms with Gasteiger partial charge in [0.05, 0.1) is 5.71 Å². The second-order valence-corrected chi connectivity index (χ2v) is 10.2. The summed E-state index contributed by atoms with van der Waals surface area (Å²) in [6.45, 7) is 3.77. The number of nitrogens with one attached hydrogen (secondary N) is 1. The molecule has 2 amide bonds. The van der Waals surface area contributed by atoms with Gasteiger partial charge in [-0.25, -0.2) is 0 Å². The van der Waals surface area contributed by atoms with Crippen molar-refractivity contribution in [3.05, 3.63) is 107 Å². The van der Waals surface area contributed by atoms with E-state index in [1.807, 2.05) is 65.6 Å². The van der Waals surface area contributed by atoms with Gasteiger partial charge < -0.3 is 15.1 Å². The van der Waals surface area contributed by atoms with Crippen molar-refractivity contribution in [1.82, 2.24) is 10.2 Å². The number of oxime groups is 1. The van der Waals surface area contributed by atoms with Crippen LogP contribution in [0.3, 0.4) is 0 Å². The zero-order valence-electron chi connectivity index (χ0n) is 21.2. The first kappa shape index (κ1) is 24.8. The van der Waals surface area contributed by atoms with Gasteiger partial charge in [-0.15, -0.1) is 0 Å². The smallest absolute Gasteiger partial charge is 0.267 e. The summed E-state index contributed by atoms with van der Waals surface area (Å²) in [5.41, 5.74) is 3.58. The van der Waals surface area contributed by atoms with Gasteiger partial charge >= 0.3 is 0 Å². The molecule has 0 aliphatic carbocycles. The second kappa shape index (κ2) is 11.0. The lowest BCUT2D eigenvalue weighted by Crippen LogP contribution is -2.44. The Morgan fingerprint density at radius 2 is 1.54 bits per heavy atom. The van der Waals surface area contributed by atoms with Crippen LogP contribution in [0.5, 0.6) is 0 Å². The number of hydrogen-bond donors (Lipinski definition) is 1. The molecule has 190 valence electrons. The number of hydrogen-bond acceptors (Lipinski definition) is 4. The van der Waals surface area contributed by atoms with Gasteiger partial charge in [-0.3, -0.25) is 9.59 Å². The minimum absolute atomic E-state index is 0.0689. The highest BCUT2D eigenvalue weighted by atomic mass is 16.7. The van der Waals surface area contributed by atoms with Crippen molar-refractivity contribution in [2.75, 3.05) is 13.1 Å². The molecule has 0 bridgehead atoms. The first-order valence-electron chi connectivity index (χ1n) is 13.0. The normalized spacial score (nSPS) is 19.7. The molecule has 1 saturated heterocycles. The Kier molecular flexibility index (Phi) is 7.35. The number of rotatable bonds is 7. The number of piperidine rings is 1. The molecule has 3 aromatic carbocycles. The predicted octanol–water partition coefficient (Wildman–Crippen LogP) is 4.98. The molecule has 0 spiro atoms. The summed E-state index contributed by atoms with van der Waals surface area (Å²) >= 11 is 0. The molecule has 2 heterocycles. The molecule has 6 nitrogen and oxygen atoms in total. The van der Waals surface area contributed by atoms with Crippen LogP contribution < -0.4 is 5.32 Å². The molecule has 37 heavy (non-hydrogen) atoms. The van der Waals surface area contributed by atoms with E-state index in [9.17, 15) is 9.59 Å². The van der Waals surface area contributed by atoms with Crippen molar-refractivity contribution < 1.29 is 14.4 Å². The highest BCUT2D eigenvalue weighted by Gasteiger charge is 2.42. The van der Waals surface area contributed by atoms with Gasteiger partial charge in [-0.2, -0.15) is 0 Å². The van der Waals surface area contributed by atoms with Crippen molar-refractivity contribution in [3.8, 4) is 0 Å². The van der Waals surface area contributed by atoms with Crippen LogP contribution in [0, 0.1) is 5.92 Å². The highest BCUT2D eigenvalue weighted by molar-refractivity contribution is 6.06. The van der Waals surface area contributed by atoms with E-state index in [1.54, 1.807) is 6.92 Å². The Morgan fingerprint density at radius 1 is 0.919 bits per heavy atom. The molecule has 0 saturated carbocycles. The Hall–Kier alpha value is -3.93. The van der Waals surface area contributed by atoms with Crippen molar-refractivity contribution in [3.63, 3.8) is 0 Å². The lowest BCUT2D eigenvalue weighted by molar-refractivity contribution is -0.141. The van der Waals surface area contributed by atoms with Crippen LogP contribution in [0.25, 0.3) is 0 Å². The third-order valence-electron chi connectivity index (χ3n) is 7.37. The van der Waals surface area contributed by atoms with Crippen LogP contribution in [0.4, 0.5) is 0 Å². The molecule has 1 atom stereocenters. The molecular formula is C31H33N3O3. The van der Waals surface area contributed by atoms with Crippen LogP contribution in [0.2, 0.25) is 0 Å². The maximum Gasteiger partial charge on any atom is 0.267 e. The summed E-state index contributed by atoms with van der Waals surface area (Å²) in [5.74, 6) is 0.491. The van der Waals surface area contributed by atoms with Crippen molar-refractivity contribution >= 4 is 17.5 Å². The van der Waals surface area contributed by atoms with Gasteiger partial charge in [0.25, 0.3) is 11.8 Å². The third-order valence-corrected chi connectivity index (χ3v) is 7.37. The molecule has 3 aromatic rings. The first-order chi connectivity index (χ1) is 18.0. The zero-order chi connectivity index (χ0) is 25.7. The molecule has 2 aliphatic heterocycles. The summed E-state index contributed by atoms with van der Waals surface area (Å²) in [4.78, 5) is 33.4. The van der Waals surface area contributed by atoms with Gasteiger partial charge in [-0.1, -0.05) is 78.0 Å². The predicted molar refractivity (Wildman–Crippen MR) is 144 cm³/mol. The minimum Gasteiger partial charge on any atom is -0.379 e. The summed E-state index contributed by atoms with van der Waals surface area (Å²) in [5, 5.41) is 7.15. The zero-order valence-corrected chi connectivity index (χ0v) is 21.2. The lowest BCUT2D eigenvalue weighted by atomic mass is 9.90. The fourth-order valence-electron chi connectivity index (χ4n) is 5.06. The van der Waals surface area contributed by atoms with Crippen molar-refractivity contribution in [1.29, 1.82) is 0 Å². The highest BCUT2D eigenvalue weighted by Crippen LogP contribution is 2.28. The second-order valence-electron chi connectivity index (χ2n) is 10.2. The molecule has 1 N–H and O–H groups in total. The quantitative estimate of drug-likeness (QED) is 0.503. The number of benzene rings is 3. The van der Waals surface area contributed by atoms with E-state index in [1.165, 1.54) is 5.56 Å². The van der Waals surface area contributed by atoms with E-state index in [0.29, 0.717) is 30.2 Å².